The Morgan fingerprint density at radius 3 is 2.12 bits per heavy atom. The van der Waals surface area contributed by atoms with Gasteiger partial charge >= 0.3 is 15.6 Å². The van der Waals surface area contributed by atoms with Crippen molar-refractivity contribution in [2.24, 2.45) is 11.8 Å². The Hall–Kier alpha value is -0.543. The van der Waals surface area contributed by atoms with Crippen molar-refractivity contribution in [3.05, 3.63) is 11.8 Å². The first-order valence-electron chi connectivity index (χ1n) is 8.76. The molecule has 154 valence electrons. The molecule has 0 saturated carbocycles. The van der Waals surface area contributed by atoms with Gasteiger partial charge in [0.15, 0.2) is 8.32 Å². The van der Waals surface area contributed by atoms with E-state index in [9.17, 15) is 21.6 Å². The van der Waals surface area contributed by atoms with Crippen LogP contribution in [0.3, 0.4) is 0 Å². The lowest BCUT2D eigenvalue weighted by atomic mass is 9.80. The van der Waals surface area contributed by atoms with Crippen LogP contribution in [0, 0.1) is 11.8 Å². The first-order valence-corrected chi connectivity index (χ1v) is 13.1. The maximum absolute atomic E-state index is 12.9. The van der Waals surface area contributed by atoms with E-state index < -0.39 is 29.5 Å². The molecule has 0 aromatic heterocycles. The largest absolute Gasteiger partial charge is 0.534 e. The van der Waals surface area contributed by atoms with Crippen LogP contribution in [0.15, 0.2) is 11.8 Å². The number of hydrogen-bond acceptors (Lipinski definition) is 4. The molecule has 0 aromatic carbocycles. The van der Waals surface area contributed by atoms with Crippen LogP contribution in [0.25, 0.3) is 0 Å². The fourth-order valence-corrected chi connectivity index (χ4v) is 4.84. The minimum absolute atomic E-state index is 0.0653. The predicted octanol–water partition coefficient (Wildman–Crippen LogP) is 5.58. The second-order valence-electron chi connectivity index (χ2n) is 9.05. The summed E-state index contributed by atoms with van der Waals surface area (Å²) in [5, 5.41) is -0.182. The van der Waals surface area contributed by atoms with Crippen molar-refractivity contribution >= 4 is 18.4 Å². The van der Waals surface area contributed by atoms with Gasteiger partial charge in [-0.15, -0.1) is 0 Å². The van der Waals surface area contributed by atoms with Gasteiger partial charge in [-0.05, 0) is 55.8 Å². The molecule has 4 nitrogen and oxygen atoms in total. The number of alkyl halides is 3. The van der Waals surface area contributed by atoms with Crippen molar-refractivity contribution in [3.63, 3.8) is 0 Å². The summed E-state index contributed by atoms with van der Waals surface area (Å²) >= 11 is 0. The number of rotatable bonds is 5. The standard InChI is InChI=1S/C17H31F3O4SSi/c1-12(2)13-9-10-16(6,24-26(7,8)15(3,4)5)14(11-13)23-25(21,22)17(18,19)20/h11-13H,9-10H2,1-8H3/t13-,16+/m1/s1. The molecule has 1 rings (SSSR count). The predicted molar refractivity (Wildman–Crippen MR) is 98.4 cm³/mol. The lowest BCUT2D eigenvalue weighted by Crippen LogP contribution is -2.51. The molecule has 1 aliphatic carbocycles. The number of allylic oxidation sites excluding steroid dienone is 1. The van der Waals surface area contributed by atoms with E-state index in [2.05, 4.69) is 4.18 Å². The summed E-state index contributed by atoms with van der Waals surface area (Å²) in [4.78, 5) is 0. The molecule has 0 fully saturated rings. The Labute approximate surface area is 156 Å². The van der Waals surface area contributed by atoms with Gasteiger partial charge in [0.1, 0.15) is 11.4 Å². The Kier molecular flexibility index (Phi) is 6.44. The topological polar surface area (TPSA) is 52.6 Å². The fourth-order valence-electron chi connectivity index (χ4n) is 2.64. The van der Waals surface area contributed by atoms with E-state index in [0.29, 0.717) is 12.8 Å². The van der Waals surface area contributed by atoms with E-state index >= 15 is 0 Å². The maximum Gasteiger partial charge on any atom is 0.534 e. The third-order valence-corrected chi connectivity index (χ3v) is 11.0. The zero-order valence-electron chi connectivity index (χ0n) is 16.8. The highest BCUT2D eigenvalue weighted by atomic mass is 32.2. The van der Waals surface area contributed by atoms with Crippen molar-refractivity contribution in [3.8, 4) is 0 Å². The molecule has 0 amide bonds. The minimum Gasteiger partial charge on any atom is -0.404 e. The Bertz CT molecular complexity index is 648. The quantitative estimate of drug-likeness (QED) is 0.333. The van der Waals surface area contributed by atoms with E-state index in [1.54, 1.807) is 6.92 Å². The molecular formula is C17H31F3O4SSi. The van der Waals surface area contributed by atoms with Crippen molar-refractivity contribution in [2.75, 3.05) is 0 Å². The van der Waals surface area contributed by atoms with Gasteiger partial charge in [0.2, 0.25) is 0 Å². The van der Waals surface area contributed by atoms with Gasteiger partial charge in [-0.2, -0.15) is 21.6 Å². The van der Waals surface area contributed by atoms with Crippen LogP contribution >= 0.6 is 0 Å². The van der Waals surface area contributed by atoms with E-state index in [1.807, 2.05) is 47.7 Å². The molecule has 0 N–H and O–H groups in total. The first-order chi connectivity index (χ1) is 11.3. The van der Waals surface area contributed by atoms with E-state index in [-0.39, 0.29) is 22.6 Å². The lowest BCUT2D eigenvalue weighted by Gasteiger charge is -2.46. The molecule has 0 bridgehead atoms. The summed E-state index contributed by atoms with van der Waals surface area (Å²) in [6.45, 7) is 15.5. The molecular weight excluding hydrogens is 385 g/mol. The van der Waals surface area contributed by atoms with Crippen LogP contribution < -0.4 is 0 Å². The maximum atomic E-state index is 12.9. The van der Waals surface area contributed by atoms with Crippen LogP contribution in [0.5, 0.6) is 0 Å². The number of hydrogen-bond donors (Lipinski definition) is 0. The summed E-state index contributed by atoms with van der Waals surface area (Å²) < 4.78 is 72.7. The van der Waals surface area contributed by atoms with Gasteiger partial charge in [0.05, 0.1) is 0 Å². The highest BCUT2D eigenvalue weighted by Gasteiger charge is 2.53. The second-order valence-corrected chi connectivity index (χ2v) is 15.3. The van der Waals surface area contributed by atoms with Gasteiger partial charge in [-0.3, -0.25) is 0 Å². The highest BCUT2D eigenvalue weighted by Crippen LogP contribution is 2.46. The first kappa shape index (κ1) is 23.5. The normalized spacial score (nSPS) is 26.0. The molecule has 1 aliphatic rings. The molecule has 0 aromatic rings. The smallest absolute Gasteiger partial charge is 0.404 e. The average molecular weight is 417 g/mol. The molecule has 2 atom stereocenters. The van der Waals surface area contributed by atoms with Crippen molar-refractivity contribution in [1.82, 2.24) is 0 Å². The molecule has 0 saturated heterocycles. The van der Waals surface area contributed by atoms with Gasteiger partial charge in [-0.1, -0.05) is 34.6 Å². The van der Waals surface area contributed by atoms with Gasteiger partial charge in [-0.25, -0.2) is 0 Å². The molecule has 0 aliphatic heterocycles. The number of halogens is 3. The molecule has 9 heteroatoms. The van der Waals surface area contributed by atoms with Gasteiger partial charge < -0.3 is 8.61 Å². The van der Waals surface area contributed by atoms with Crippen molar-refractivity contribution < 1.29 is 30.2 Å². The van der Waals surface area contributed by atoms with Gasteiger partial charge in [0.25, 0.3) is 0 Å². The summed E-state index contributed by atoms with van der Waals surface area (Å²) in [5.41, 5.74) is -6.68. The zero-order valence-corrected chi connectivity index (χ0v) is 18.6. The van der Waals surface area contributed by atoms with E-state index in [0.717, 1.165) is 0 Å². The third-order valence-electron chi connectivity index (χ3n) is 5.47. The molecule has 26 heavy (non-hydrogen) atoms. The lowest BCUT2D eigenvalue weighted by molar-refractivity contribution is -0.0554. The second kappa shape index (κ2) is 7.13. The average Bonchev–Trinajstić information content (AvgIpc) is 2.37. The SMILES string of the molecule is CC(C)[C@H]1C=C(OS(=O)(=O)C(F)(F)F)[C@@](C)(O[Si](C)(C)C(C)(C)C)CC1. The Balaban J connectivity index is 3.35. The van der Waals surface area contributed by atoms with Gasteiger partial charge in [0, 0.05) is 0 Å². The third kappa shape index (κ3) is 5.04. The summed E-state index contributed by atoms with van der Waals surface area (Å²) in [6.07, 6.45) is 2.61. The van der Waals surface area contributed by atoms with Crippen LogP contribution in [-0.2, 0) is 18.7 Å². The van der Waals surface area contributed by atoms with Crippen molar-refractivity contribution in [2.45, 2.75) is 83.6 Å². The Morgan fingerprint density at radius 2 is 1.73 bits per heavy atom. The summed E-state index contributed by atoms with van der Waals surface area (Å²) in [7, 11) is -8.12. The highest BCUT2D eigenvalue weighted by molar-refractivity contribution is 7.87. The van der Waals surface area contributed by atoms with Crippen LogP contribution in [-0.4, -0.2) is 27.8 Å². The fraction of sp³-hybridized carbons (Fsp3) is 0.882. The Morgan fingerprint density at radius 1 is 1.23 bits per heavy atom. The van der Waals surface area contributed by atoms with Crippen LogP contribution in [0.4, 0.5) is 13.2 Å². The molecule has 0 radical (unpaired) electrons. The van der Waals surface area contributed by atoms with Crippen LogP contribution in [0.1, 0.15) is 54.4 Å². The zero-order chi connectivity index (χ0) is 20.8. The summed E-state index contributed by atoms with van der Waals surface area (Å²) in [6, 6.07) is 0. The molecule has 0 unspecified atom stereocenters. The van der Waals surface area contributed by atoms with E-state index in [1.165, 1.54) is 6.08 Å². The minimum atomic E-state index is -5.74. The van der Waals surface area contributed by atoms with E-state index in [4.69, 9.17) is 4.43 Å². The monoisotopic (exact) mass is 416 g/mol. The summed E-state index contributed by atoms with van der Waals surface area (Å²) in [5.74, 6) is -0.159. The molecule has 0 heterocycles. The molecule has 0 spiro atoms. The van der Waals surface area contributed by atoms with Crippen molar-refractivity contribution in [1.29, 1.82) is 0 Å². The van der Waals surface area contributed by atoms with Crippen LogP contribution in [0.2, 0.25) is 18.1 Å².